The van der Waals surface area contributed by atoms with Gasteiger partial charge >= 0.3 is 5.97 Å². The number of hydrogen-bond acceptors (Lipinski definition) is 6. The van der Waals surface area contributed by atoms with E-state index in [4.69, 9.17) is 12.2 Å². The highest BCUT2D eigenvalue weighted by atomic mass is 16.6. The van der Waals surface area contributed by atoms with Crippen LogP contribution in [-0.2, 0) is 4.79 Å². The van der Waals surface area contributed by atoms with Crippen LogP contribution in [0.5, 0.6) is 0 Å². The Bertz CT molecular complexity index is 891. The third-order valence-electron chi connectivity index (χ3n) is 3.74. The molecule has 8 heteroatoms. The molecule has 1 atom stereocenters. The lowest BCUT2D eigenvalue weighted by molar-refractivity contribution is -0.384. The summed E-state index contributed by atoms with van der Waals surface area (Å²) in [6, 6.07) is 12.7. The van der Waals surface area contributed by atoms with Gasteiger partial charge in [0.1, 0.15) is 0 Å². The van der Waals surface area contributed by atoms with E-state index in [9.17, 15) is 24.8 Å². The van der Waals surface area contributed by atoms with Gasteiger partial charge in [-0.1, -0.05) is 42.3 Å². The number of rotatable bonds is 7. The lowest BCUT2D eigenvalue weighted by Crippen LogP contribution is -2.67. The number of non-ortho nitro benzene ring substituents is 1. The van der Waals surface area contributed by atoms with Crippen molar-refractivity contribution in [2.45, 2.75) is 5.66 Å². The number of carbonyl (C=O) groups is 2. The van der Waals surface area contributed by atoms with Gasteiger partial charge in [0, 0.05) is 23.4 Å². The molecule has 2 aromatic carbocycles. The topological polar surface area (TPSA) is 127 Å². The van der Waals surface area contributed by atoms with E-state index in [1.54, 1.807) is 18.2 Å². The van der Waals surface area contributed by atoms with Crippen LogP contribution in [0.25, 0.3) is 0 Å². The molecule has 3 N–H and O–H groups in total. The predicted molar refractivity (Wildman–Crippen MR) is 94.6 cm³/mol. The molecule has 0 saturated carbocycles. The molecule has 0 saturated heterocycles. The van der Waals surface area contributed by atoms with Gasteiger partial charge in [-0.2, -0.15) is 0 Å². The van der Waals surface area contributed by atoms with Gasteiger partial charge in [-0.25, -0.2) is 4.79 Å². The first-order valence-corrected chi connectivity index (χ1v) is 7.40. The van der Waals surface area contributed by atoms with Crippen molar-refractivity contribution >= 4 is 23.1 Å². The summed E-state index contributed by atoms with van der Waals surface area (Å²) in [5.41, 5.74) is 3.31. The van der Waals surface area contributed by atoms with Crippen molar-refractivity contribution in [1.29, 1.82) is 0 Å². The van der Waals surface area contributed by atoms with Crippen molar-refractivity contribution in [2.24, 2.45) is 5.73 Å². The van der Waals surface area contributed by atoms with Gasteiger partial charge in [0.05, 0.1) is 11.5 Å². The minimum Gasteiger partial charge on any atom is -0.478 e. The molecule has 0 aromatic heterocycles. The third kappa shape index (κ3) is 3.38. The monoisotopic (exact) mass is 353 g/mol. The quantitative estimate of drug-likeness (QED) is 0.193. The van der Waals surface area contributed by atoms with Crippen LogP contribution < -0.4 is 10.6 Å². The molecular weight excluding hydrogens is 338 g/mol. The van der Waals surface area contributed by atoms with Crippen LogP contribution in [0.15, 0.2) is 54.6 Å². The molecule has 26 heavy (non-hydrogen) atoms. The fourth-order valence-electron chi connectivity index (χ4n) is 2.43. The average Bonchev–Trinajstić information content (AvgIpc) is 2.65. The largest absolute Gasteiger partial charge is 0.478 e. The molecule has 0 spiro atoms. The van der Waals surface area contributed by atoms with Crippen molar-refractivity contribution in [3.63, 3.8) is 0 Å². The lowest BCUT2D eigenvalue weighted by Gasteiger charge is -2.36. The maximum Gasteiger partial charge on any atom is 0.353 e. The summed E-state index contributed by atoms with van der Waals surface area (Å²) in [6.45, 7) is -0.345. The van der Waals surface area contributed by atoms with Crippen LogP contribution in [0, 0.1) is 22.5 Å². The van der Waals surface area contributed by atoms with Crippen molar-refractivity contribution in [1.82, 2.24) is 0 Å². The number of anilines is 1. The number of carbonyl (C=O) groups excluding carboxylic acids is 1. The lowest BCUT2D eigenvalue weighted by atomic mass is 9.95. The van der Waals surface area contributed by atoms with Crippen LogP contribution in [0.2, 0.25) is 0 Å². The number of nitrogens with two attached hydrogens (primary N) is 1. The Kier molecular flexibility index (Phi) is 5.35. The van der Waals surface area contributed by atoms with Gasteiger partial charge in [-0.05, 0) is 6.07 Å². The molecule has 2 rings (SSSR count). The molecule has 2 aromatic rings. The van der Waals surface area contributed by atoms with Gasteiger partial charge in [0.15, 0.2) is 0 Å². The molecular formula is C18H15N3O5. The highest BCUT2D eigenvalue weighted by Gasteiger charge is 2.48. The van der Waals surface area contributed by atoms with Crippen molar-refractivity contribution in [3.8, 4) is 12.3 Å². The Morgan fingerprint density at radius 2 is 1.88 bits per heavy atom. The third-order valence-corrected chi connectivity index (χ3v) is 3.74. The Hall–Kier alpha value is -3.70. The summed E-state index contributed by atoms with van der Waals surface area (Å²) in [6.07, 6.45) is 5.31. The molecule has 8 nitrogen and oxygen atoms in total. The second-order valence-electron chi connectivity index (χ2n) is 5.33. The van der Waals surface area contributed by atoms with E-state index in [1.807, 2.05) is 0 Å². The van der Waals surface area contributed by atoms with E-state index in [-0.39, 0.29) is 23.5 Å². The van der Waals surface area contributed by atoms with Crippen molar-refractivity contribution < 1.29 is 19.6 Å². The number of benzene rings is 2. The Labute approximate surface area is 149 Å². The molecule has 0 aliphatic heterocycles. The first-order valence-electron chi connectivity index (χ1n) is 7.40. The number of nitro groups is 1. The standard InChI is InChI=1S/C18H15N3O5/c1-2-11-20(14-9-6-10-15(12-14)21(25)26)18(19,17(23)24)16(22)13-7-4-3-5-8-13/h1,3-10,12H,11,19H2,(H,23,24). The highest BCUT2D eigenvalue weighted by molar-refractivity contribution is 6.17. The van der Waals surface area contributed by atoms with Crippen molar-refractivity contribution in [2.75, 3.05) is 11.4 Å². The SMILES string of the molecule is C#CCN(c1cccc([N+](=O)[O-])c1)C(N)(C(=O)O)C(=O)c1ccccc1. The van der Waals surface area contributed by atoms with E-state index >= 15 is 0 Å². The van der Waals surface area contributed by atoms with E-state index < -0.39 is 22.3 Å². The molecule has 0 fully saturated rings. The van der Waals surface area contributed by atoms with E-state index in [1.165, 1.54) is 30.3 Å². The van der Waals surface area contributed by atoms with Crippen LogP contribution in [0.1, 0.15) is 10.4 Å². The summed E-state index contributed by atoms with van der Waals surface area (Å²) in [5, 5.41) is 20.7. The zero-order chi connectivity index (χ0) is 19.3. The number of ketones is 1. The Balaban J connectivity index is 2.62. The van der Waals surface area contributed by atoms with E-state index in [2.05, 4.69) is 5.92 Å². The van der Waals surface area contributed by atoms with Crippen molar-refractivity contribution in [3.05, 3.63) is 70.3 Å². The number of aliphatic carboxylic acids is 1. The van der Waals surface area contributed by atoms with E-state index in [0.717, 1.165) is 11.0 Å². The molecule has 0 radical (unpaired) electrons. The number of hydrogen-bond donors (Lipinski definition) is 2. The molecule has 0 amide bonds. The molecule has 0 aliphatic rings. The number of nitrogens with zero attached hydrogens (tertiary/aromatic N) is 2. The molecule has 132 valence electrons. The number of carboxylic acids is 1. The van der Waals surface area contributed by atoms with Crippen LogP contribution in [0.4, 0.5) is 11.4 Å². The first-order chi connectivity index (χ1) is 12.3. The van der Waals surface area contributed by atoms with Gasteiger partial charge in [0.2, 0.25) is 5.78 Å². The second-order valence-corrected chi connectivity index (χ2v) is 5.33. The maximum atomic E-state index is 12.9. The maximum absolute atomic E-state index is 12.9. The minimum absolute atomic E-state index is 0.0475. The minimum atomic E-state index is -2.54. The van der Waals surface area contributed by atoms with Gasteiger partial charge in [0.25, 0.3) is 11.4 Å². The summed E-state index contributed by atoms with van der Waals surface area (Å²) in [4.78, 5) is 36.1. The molecule has 0 bridgehead atoms. The normalized spacial score (nSPS) is 12.5. The summed E-state index contributed by atoms with van der Waals surface area (Å²) >= 11 is 0. The fourth-order valence-corrected chi connectivity index (χ4v) is 2.43. The summed E-state index contributed by atoms with van der Waals surface area (Å²) in [5.74, 6) is -0.285. The predicted octanol–water partition coefficient (Wildman–Crippen LogP) is 1.66. The van der Waals surface area contributed by atoms with Gasteiger partial charge in [-0.15, -0.1) is 6.42 Å². The van der Waals surface area contributed by atoms with Crippen LogP contribution >= 0.6 is 0 Å². The Morgan fingerprint density at radius 3 is 2.42 bits per heavy atom. The zero-order valence-corrected chi connectivity index (χ0v) is 13.5. The Morgan fingerprint density at radius 1 is 1.23 bits per heavy atom. The molecule has 0 aliphatic carbocycles. The summed E-state index contributed by atoms with van der Waals surface area (Å²) < 4.78 is 0. The van der Waals surface area contributed by atoms with Gasteiger partial charge < -0.3 is 10.0 Å². The second kappa shape index (κ2) is 7.46. The number of carboxylic acid groups (broad SMARTS) is 1. The average molecular weight is 353 g/mol. The fraction of sp³-hybridized carbons (Fsp3) is 0.111. The number of Topliss-reactive ketones (excluding diaryl/α,β-unsaturated/α-hetero) is 1. The summed E-state index contributed by atoms with van der Waals surface area (Å²) in [7, 11) is 0. The highest BCUT2D eigenvalue weighted by Crippen LogP contribution is 2.27. The number of terminal acetylenes is 1. The van der Waals surface area contributed by atoms with E-state index in [0.29, 0.717) is 0 Å². The number of nitro benzene ring substituents is 1. The van der Waals surface area contributed by atoms with Crippen LogP contribution in [0.3, 0.4) is 0 Å². The van der Waals surface area contributed by atoms with Gasteiger partial charge in [-0.3, -0.25) is 20.6 Å². The zero-order valence-electron chi connectivity index (χ0n) is 13.5. The molecule has 0 heterocycles. The smallest absolute Gasteiger partial charge is 0.353 e. The first kappa shape index (κ1) is 18.6. The van der Waals surface area contributed by atoms with Crippen LogP contribution in [-0.4, -0.2) is 34.0 Å². The molecule has 1 unspecified atom stereocenters.